The average Bonchev–Trinajstić information content (AvgIpc) is 3.00. The smallest absolute Gasteiger partial charge is 0.108 e. The SMILES string of the molecule is Cc1[nH]c(CC2COCCN2)nc1C1CCCC1. The van der Waals surface area contributed by atoms with Crippen molar-refractivity contribution in [2.45, 2.75) is 51.0 Å². The molecule has 0 aromatic carbocycles. The number of imidazole rings is 1. The number of aryl methyl sites for hydroxylation is 1. The zero-order chi connectivity index (χ0) is 12.4. The van der Waals surface area contributed by atoms with Crippen LogP contribution in [-0.4, -0.2) is 35.8 Å². The van der Waals surface area contributed by atoms with E-state index in [2.05, 4.69) is 17.2 Å². The van der Waals surface area contributed by atoms with Crippen LogP contribution in [0.2, 0.25) is 0 Å². The van der Waals surface area contributed by atoms with E-state index < -0.39 is 0 Å². The second kappa shape index (κ2) is 5.41. The monoisotopic (exact) mass is 249 g/mol. The van der Waals surface area contributed by atoms with E-state index in [0.29, 0.717) is 12.0 Å². The number of rotatable bonds is 3. The predicted octanol–water partition coefficient (Wildman–Crippen LogP) is 1.91. The van der Waals surface area contributed by atoms with Crippen LogP contribution in [0.1, 0.15) is 48.8 Å². The van der Waals surface area contributed by atoms with E-state index in [0.717, 1.165) is 32.0 Å². The summed E-state index contributed by atoms with van der Waals surface area (Å²) in [5.41, 5.74) is 2.59. The Labute approximate surface area is 109 Å². The lowest BCUT2D eigenvalue weighted by Crippen LogP contribution is -2.42. The normalized spacial score (nSPS) is 25.7. The van der Waals surface area contributed by atoms with Crippen LogP contribution in [0.15, 0.2) is 0 Å². The van der Waals surface area contributed by atoms with E-state index in [9.17, 15) is 0 Å². The summed E-state index contributed by atoms with van der Waals surface area (Å²) in [5, 5.41) is 3.48. The van der Waals surface area contributed by atoms with Crippen molar-refractivity contribution < 1.29 is 4.74 Å². The zero-order valence-corrected chi connectivity index (χ0v) is 11.2. The van der Waals surface area contributed by atoms with Gasteiger partial charge in [0.25, 0.3) is 0 Å². The van der Waals surface area contributed by atoms with Gasteiger partial charge in [0.1, 0.15) is 5.82 Å². The van der Waals surface area contributed by atoms with Gasteiger partial charge in [-0.15, -0.1) is 0 Å². The molecule has 4 nitrogen and oxygen atoms in total. The lowest BCUT2D eigenvalue weighted by Gasteiger charge is -2.22. The Morgan fingerprint density at radius 1 is 1.33 bits per heavy atom. The topological polar surface area (TPSA) is 49.9 Å². The third-order valence-electron chi connectivity index (χ3n) is 4.15. The van der Waals surface area contributed by atoms with Gasteiger partial charge >= 0.3 is 0 Å². The van der Waals surface area contributed by atoms with Gasteiger partial charge in [-0.1, -0.05) is 12.8 Å². The average molecular weight is 249 g/mol. The maximum absolute atomic E-state index is 5.49. The molecule has 100 valence electrons. The van der Waals surface area contributed by atoms with Crippen LogP contribution in [0.4, 0.5) is 0 Å². The van der Waals surface area contributed by atoms with Crippen molar-refractivity contribution in [2.75, 3.05) is 19.8 Å². The second-order valence-corrected chi connectivity index (χ2v) is 5.61. The number of ether oxygens (including phenoxy) is 1. The van der Waals surface area contributed by atoms with Crippen molar-refractivity contribution in [1.29, 1.82) is 0 Å². The Hall–Kier alpha value is -0.870. The van der Waals surface area contributed by atoms with Crippen LogP contribution in [0.3, 0.4) is 0 Å². The highest BCUT2D eigenvalue weighted by Crippen LogP contribution is 2.34. The van der Waals surface area contributed by atoms with Crippen LogP contribution in [-0.2, 0) is 11.2 Å². The van der Waals surface area contributed by atoms with Gasteiger partial charge in [0, 0.05) is 30.6 Å². The first kappa shape index (κ1) is 12.2. The van der Waals surface area contributed by atoms with Crippen LogP contribution >= 0.6 is 0 Å². The third-order valence-corrected chi connectivity index (χ3v) is 4.15. The largest absolute Gasteiger partial charge is 0.379 e. The van der Waals surface area contributed by atoms with Gasteiger partial charge in [0.05, 0.1) is 18.9 Å². The minimum atomic E-state index is 0.417. The molecule has 1 aromatic heterocycles. The van der Waals surface area contributed by atoms with Crippen molar-refractivity contribution in [1.82, 2.24) is 15.3 Å². The summed E-state index contributed by atoms with van der Waals surface area (Å²) >= 11 is 0. The number of nitrogens with zero attached hydrogens (tertiary/aromatic N) is 1. The number of H-pyrrole nitrogens is 1. The number of hydrogen-bond acceptors (Lipinski definition) is 3. The number of morpholine rings is 1. The van der Waals surface area contributed by atoms with Crippen LogP contribution < -0.4 is 5.32 Å². The molecule has 2 heterocycles. The molecule has 0 amide bonds. The minimum absolute atomic E-state index is 0.417. The molecule has 4 heteroatoms. The van der Waals surface area contributed by atoms with Crippen LogP contribution in [0.5, 0.6) is 0 Å². The van der Waals surface area contributed by atoms with Gasteiger partial charge < -0.3 is 15.0 Å². The summed E-state index contributed by atoms with van der Waals surface area (Å²) in [6.45, 7) is 4.76. The minimum Gasteiger partial charge on any atom is -0.379 e. The lowest BCUT2D eigenvalue weighted by molar-refractivity contribution is 0.0764. The summed E-state index contributed by atoms with van der Waals surface area (Å²) < 4.78 is 5.49. The first-order valence-electron chi connectivity index (χ1n) is 7.19. The number of aromatic nitrogens is 2. The van der Waals surface area contributed by atoms with Gasteiger partial charge in [0.15, 0.2) is 0 Å². The van der Waals surface area contributed by atoms with Crippen molar-refractivity contribution in [2.24, 2.45) is 0 Å². The second-order valence-electron chi connectivity index (χ2n) is 5.61. The van der Waals surface area contributed by atoms with E-state index in [4.69, 9.17) is 9.72 Å². The molecular weight excluding hydrogens is 226 g/mol. The summed E-state index contributed by atoms with van der Waals surface area (Å²) in [7, 11) is 0. The van der Waals surface area contributed by atoms with Crippen molar-refractivity contribution >= 4 is 0 Å². The maximum atomic E-state index is 5.49. The fraction of sp³-hybridized carbons (Fsp3) is 0.786. The number of aromatic amines is 1. The first-order chi connectivity index (χ1) is 8.83. The summed E-state index contributed by atoms with van der Waals surface area (Å²) in [4.78, 5) is 8.30. The lowest BCUT2D eigenvalue weighted by atomic mass is 10.0. The Morgan fingerprint density at radius 2 is 2.17 bits per heavy atom. The summed E-state index contributed by atoms with van der Waals surface area (Å²) in [5.74, 6) is 1.82. The van der Waals surface area contributed by atoms with E-state index >= 15 is 0 Å². The van der Waals surface area contributed by atoms with E-state index in [1.165, 1.54) is 37.1 Å². The van der Waals surface area contributed by atoms with Gasteiger partial charge in [0.2, 0.25) is 0 Å². The highest BCUT2D eigenvalue weighted by Gasteiger charge is 2.23. The van der Waals surface area contributed by atoms with Gasteiger partial charge in [-0.05, 0) is 19.8 Å². The molecule has 1 aliphatic heterocycles. The molecule has 18 heavy (non-hydrogen) atoms. The highest BCUT2D eigenvalue weighted by atomic mass is 16.5. The zero-order valence-electron chi connectivity index (χ0n) is 11.2. The van der Waals surface area contributed by atoms with Crippen molar-refractivity contribution in [3.63, 3.8) is 0 Å². The maximum Gasteiger partial charge on any atom is 0.108 e. The van der Waals surface area contributed by atoms with Crippen LogP contribution in [0, 0.1) is 6.92 Å². The van der Waals surface area contributed by atoms with Crippen molar-refractivity contribution in [3.8, 4) is 0 Å². The molecule has 1 saturated carbocycles. The Kier molecular flexibility index (Phi) is 3.66. The number of nitrogens with one attached hydrogen (secondary N) is 2. The predicted molar refractivity (Wildman–Crippen MR) is 70.8 cm³/mol. The van der Waals surface area contributed by atoms with Crippen molar-refractivity contribution in [3.05, 3.63) is 17.2 Å². The molecule has 0 bridgehead atoms. The van der Waals surface area contributed by atoms with E-state index in [1.807, 2.05) is 0 Å². The first-order valence-corrected chi connectivity index (χ1v) is 7.19. The number of hydrogen-bond donors (Lipinski definition) is 2. The molecule has 1 aliphatic carbocycles. The molecule has 2 N–H and O–H groups in total. The van der Waals surface area contributed by atoms with E-state index in [1.54, 1.807) is 0 Å². The highest BCUT2D eigenvalue weighted by molar-refractivity contribution is 5.19. The Balaban J connectivity index is 1.67. The summed E-state index contributed by atoms with van der Waals surface area (Å²) in [6, 6.07) is 0.417. The molecule has 2 fully saturated rings. The Morgan fingerprint density at radius 3 is 2.89 bits per heavy atom. The third kappa shape index (κ3) is 2.59. The Bertz CT molecular complexity index is 390. The van der Waals surface area contributed by atoms with Crippen LogP contribution in [0.25, 0.3) is 0 Å². The quantitative estimate of drug-likeness (QED) is 0.860. The molecule has 1 unspecified atom stereocenters. The molecule has 3 rings (SSSR count). The standard InChI is InChI=1S/C14H23N3O/c1-10-14(11-4-2-3-5-11)17-13(16-10)8-12-9-18-7-6-15-12/h11-12,15H,2-9H2,1H3,(H,16,17). The fourth-order valence-electron chi connectivity index (χ4n) is 3.22. The van der Waals surface area contributed by atoms with Gasteiger partial charge in [-0.3, -0.25) is 0 Å². The molecule has 1 aromatic rings. The van der Waals surface area contributed by atoms with E-state index in [-0.39, 0.29) is 0 Å². The molecule has 1 saturated heterocycles. The van der Waals surface area contributed by atoms with Gasteiger partial charge in [-0.2, -0.15) is 0 Å². The molecular formula is C14H23N3O. The molecule has 0 radical (unpaired) electrons. The van der Waals surface area contributed by atoms with Gasteiger partial charge in [-0.25, -0.2) is 4.98 Å². The molecule has 0 spiro atoms. The molecule has 2 aliphatic rings. The molecule has 1 atom stereocenters. The summed E-state index contributed by atoms with van der Waals surface area (Å²) in [6.07, 6.45) is 6.31. The fourth-order valence-corrected chi connectivity index (χ4v) is 3.22.